The molecule has 1 aliphatic carbocycles. The van der Waals surface area contributed by atoms with Crippen LogP contribution in [0.25, 0.3) is 0 Å². The first-order valence-electron chi connectivity index (χ1n) is 8.85. The molecular formula is C18H26N2O6S. The van der Waals surface area contributed by atoms with Gasteiger partial charge in [-0.1, -0.05) is 30.3 Å². The topological polar surface area (TPSA) is 102 Å². The first kappa shape index (κ1) is 21.3. The van der Waals surface area contributed by atoms with Gasteiger partial charge in [-0.2, -0.15) is 0 Å². The van der Waals surface area contributed by atoms with E-state index in [1.54, 1.807) is 0 Å². The second-order valence-electron chi connectivity index (χ2n) is 6.64. The first-order chi connectivity index (χ1) is 12.8. The summed E-state index contributed by atoms with van der Waals surface area (Å²) in [5.41, 5.74) is 0.0411. The van der Waals surface area contributed by atoms with Crippen LogP contribution < -0.4 is 5.32 Å². The summed E-state index contributed by atoms with van der Waals surface area (Å²) in [4.78, 5) is 28.8. The Hall–Kier alpha value is -1.97. The number of ether oxygens (including phenoxy) is 1. The highest BCUT2D eigenvalue weighted by Crippen LogP contribution is 2.23. The van der Waals surface area contributed by atoms with Crippen LogP contribution in [0.3, 0.4) is 0 Å². The van der Waals surface area contributed by atoms with E-state index in [1.807, 2.05) is 0 Å². The van der Waals surface area contributed by atoms with E-state index in [0.29, 0.717) is 10.4 Å². The molecule has 1 amide bonds. The van der Waals surface area contributed by atoms with Gasteiger partial charge in [-0.25, -0.2) is 13.2 Å². The molecule has 0 spiro atoms. The summed E-state index contributed by atoms with van der Waals surface area (Å²) in [6.45, 7) is 1.69. The molecule has 0 radical (unpaired) electrons. The van der Waals surface area contributed by atoms with Crippen LogP contribution >= 0.6 is 0 Å². The number of hydroxylamine groups is 1. The average molecular weight is 398 g/mol. The number of rotatable bonds is 7. The van der Waals surface area contributed by atoms with Crippen molar-refractivity contribution < 1.29 is 27.6 Å². The molecule has 0 bridgehead atoms. The molecule has 1 N–H and O–H groups in total. The summed E-state index contributed by atoms with van der Waals surface area (Å²) in [5.74, 6) is -0.720. The number of benzene rings is 1. The number of amides is 1. The normalized spacial score (nSPS) is 20.3. The number of carbonyl (C=O) groups is 2. The standard InChI is InChI=1S/C18H26N2O6S/c1-13-7-4-5-10-16(13)19-17(21)12-26-18(22)14-8-6-9-15(11-14)27(23,24)20(2)25-3/h6,8-9,11,13,16H,4-5,7,10,12H2,1-3H3,(H,19,21)/t13-,16-/m0/s1. The molecule has 1 aliphatic rings. The summed E-state index contributed by atoms with van der Waals surface area (Å²) in [7, 11) is -1.41. The van der Waals surface area contributed by atoms with Crippen molar-refractivity contribution in [3.63, 3.8) is 0 Å². The van der Waals surface area contributed by atoms with Crippen LogP contribution in [0.1, 0.15) is 43.0 Å². The van der Waals surface area contributed by atoms with Crippen LogP contribution in [-0.4, -0.2) is 51.6 Å². The fourth-order valence-corrected chi connectivity index (χ4v) is 4.04. The van der Waals surface area contributed by atoms with Crippen molar-refractivity contribution in [3.05, 3.63) is 29.8 Å². The summed E-state index contributed by atoms with van der Waals surface area (Å²) in [6, 6.07) is 5.49. The van der Waals surface area contributed by atoms with Gasteiger partial charge in [0.2, 0.25) is 0 Å². The Morgan fingerprint density at radius 1 is 1.26 bits per heavy atom. The smallest absolute Gasteiger partial charge is 0.338 e. The molecule has 2 atom stereocenters. The Balaban J connectivity index is 1.96. The van der Waals surface area contributed by atoms with Crippen LogP contribution in [-0.2, 0) is 24.4 Å². The minimum Gasteiger partial charge on any atom is -0.452 e. The molecule has 8 nitrogen and oxygen atoms in total. The van der Waals surface area contributed by atoms with E-state index >= 15 is 0 Å². The van der Waals surface area contributed by atoms with Gasteiger partial charge < -0.3 is 10.1 Å². The van der Waals surface area contributed by atoms with Crippen LogP contribution in [0.15, 0.2) is 29.2 Å². The number of hydrogen-bond acceptors (Lipinski definition) is 6. The van der Waals surface area contributed by atoms with Gasteiger partial charge in [0.25, 0.3) is 15.9 Å². The van der Waals surface area contributed by atoms with Crippen molar-refractivity contribution in [1.82, 2.24) is 9.79 Å². The third-order valence-electron chi connectivity index (χ3n) is 4.76. The predicted molar refractivity (Wildman–Crippen MR) is 98.2 cm³/mol. The summed E-state index contributed by atoms with van der Waals surface area (Å²) >= 11 is 0. The Morgan fingerprint density at radius 2 is 1.96 bits per heavy atom. The quantitative estimate of drug-likeness (QED) is 0.554. The van der Waals surface area contributed by atoms with Gasteiger partial charge in [-0.15, -0.1) is 0 Å². The molecule has 0 aromatic heterocycles. The van der Waals surface area contributed by atoms with Crippen molar-refractivity contribution in [3.8, 4) is 0 Å². The second kappa shape index (κ2) is 9.29. The summed E-state index contributed by atoms with van der Waals surface area (Å²) in [5, 5.41) is 2.90. The highest BCUT2D eigenvalue weighted by molar-refractivity contribution is 7.89. The van der Waals surface area contributed by atoms with Gasteiger partial charge in [-0.05, 0) is 37.0 Å². The maximum absolute atomic E-state index is 12.2. The van der Waals surface area contributed by atoms with Crippen molar-refractivity contribution in [2.45, 2.75) is 43.5 Å². The fraction of sp³-hybridized carbons (Fsp3) is 0.556. The molecule has 2 rings (SSSR count). The lowest BCUT2D eigenvalue weighted by Crippen LogP contribution is -2.42. The lowest BCUT2D eigenvalue weighted by Gasteiger charge is -2.29. The van der Waals surface area contributed by atoms with Crippen LogP contribution in [0.4, 0.5) is 0 Å². The van der Waals surface area contributed by atoms with E-state index < -0.39 is 22.6 Å². The summed E-state index contributed by atoms with van der Waals surface area (Å²) < 4.78 is 30.2. The molecule has 1 aromatic carbocycles. The number of nitrogens with zero attached hydrogens (tertiary/aromatic N) is 1. The molecule has 0 heterocycles. The van der Waals surface area contributed by atoms with Gasteiger partial charge in [0.05, 0.1) is 17.6 Å². The Kier molecular flexibility index (Phi) is 7.34. The van der Waals surface area contributed by atoms with Crippen molar-refractivity contribution >= 4 is 21.9 Å². The molecule has 9 heteroatoms. The second-order valence-corrected chi connectivity index (χ2v) is 8.57. The van der Waals surface area contributed by atoms with Crippen molar-refractivity contribution in [2.24, 2.45) is 5.92 Å². The maximum Gasteiger partial charge on any atom is 0.338 e. The number of nitrogens with one attached hydrogen (secondary N) is 1. The molecular weight excluding hydrogens is 372 g/mol. The van der Waals surface area contributed by atoms with Crippen LogP contribution in [0, 0.1) is 5.92 Å². The van der Waals surface area contributed by atoms with E-state index in [1.165, 1.54) is 44.8 Å². The van der Waals surface area contributed by atoms with Gasteiger partial charge in [-0.3, -0.25) is 9.63 Å². The van der Waals surface area contributed by atoms with Gasteiger partial charge in [0, 0.05) is 13.1 Å². The molecule has 1 fully saturated rings. The molecule has 0 unspecified atom stereocenters. The Labute approximate surface area is 159 Å². The molecule has 150 valence electrons. The van der Waals surface area contributed by atoms with Crippen LogP contribution in [0.2, 0.25) is 0 Å². The third-order valence-corrected chi connectivity index (χ3v) is 6.43. The largest absolute Gasteiger partial charge is 0.452 e. The van der Waals surface area contributed by atoms with Gasteiger partial charge in [0.15, 0.2) is 6.61 Å². The Morgan fingerprint density at radius 3 is 2.63 bits per heavy atom. The van der Waals surface area contributed by atoms with E-state index in [2.05, 4.69) is 12.2 Å². The number of hydrogen-bond donors (Lipinski definition) is 1. The third kappa shape index (κ3) is 5.50. The first-order valence-corrected chi connectivity index (χ1v) is 10.3. The minimum absolute atomic E-state index is 0.0411. The molecule has 27 heavy (non-hydrogen) atoms. The number of sulfonamides is 1. The zero-order valence-electron chi connectivity index (χ0n) is 15.8. The minimum atomic E-state index is -3.88. The average Bonchev–Trinajstić information content (AvgIpc) is 2.67. The highest BCUT2D eigenvalue weighted by atomic mass is 32.2. The van der Waals surface area contributed by atoms with Gasteiger partial charge in [0.1, 0.15) is 0 Å². The van der Waals surface area contributed by atoms with E-state index in [0.717, 1.165) is 19.3 Å². The van der Waals surface area contributed by atoms with E-state index in [4.69, 9.17) is 9.57 Å². The molecule has 0 saturated heterocycles. The number of carbonyl (C=O) groups excluding carboxylic acids is 2. The lowest BCUT2D eigenvalue weighted by atomic mass is 9.86. The Bertz CT molecular complexity index is 780. The van der Waals surface area contributed by atoms with E-state index in [9.17, 15) is 18.0 Å². The predicted octanol–water partition coefficient (Wildman–Crippen LogP) is 1.72. The SMILES string of the molecule is CON(C)S(=O)(=O)c1cccc(C(=O)OCC(=O)N[C@H]2CCCC[C@@H]2C)c1. The molecule has 0 aliphatic heterocycles. The fourth-order valence-electron chi connectivity index (χ4n) is 3.02. The van der Waals surface area contributed by atoms with Gasteiger partial charge >= 0.3 is 5.97 Å². The zero-order chi connectivity index (χ0) is 20.0. The van der Waals surface area contributed by atoms with Crippen LogP contribution in [0.5, 0.6) is 0 Å². The highest BCUT2D eigenvalue weighted by Gasteiger charge is 2.24. The van der Waals surface area contributed by atoms with E-state index in [-0.39, 0.29) is 22.4 Å². The number of esters is 1. The van der Waals surface area contributed by atoms with Crippen molar-refractivity contribution in [2.75, 3.05) is 20.8 Å². The molecule has 1 aromatic rings. The molecule has 1 saturated carbocycles. The lowest BCUT2D eigenvalue weighted by molar-refractivity contribution is -0.125. The van der Waals surface area contributed by atoms with Crippen molar-refractivity contribution in [1.29, 1.82) is 0 Å². The zero-order valence-corrected chi connectivity index (χ0v) is 16.6. The summed E-state index contributed by atoms with van der Waals surface area (Å²) in [6.07, 6.45) is 4.24. The monoisotopic (exact) mass is 398 g/mol. The maximum atomic E-state index is 12.2.